The van der Waals surface area contributed by atoms with Crippen LogP contribution in [0.3, 0.4) is 0 Å². The Labute approximate surface area is 107 Å². The first-order valence-electron chi connectivity index (χ1n) is 6.32. The summed E-state index contributed by atoms with van der Waals surface area (Å²) >= 11 is 0. The van der Waals surface area contributed by atoms with Gasteiger partial charge in [-0.15, -0.1) is 0 Å². The highest BCUT2D eigenvalue weighted by Crippen LogP contribution is 2.29. The molecule has 18 heavy (non-hydrogen) atoms. The largest absolute Gasteiger partial charge is 0.381 e. The van der Waals surface area contributed by atoms with Crippen molar-refractivity contribution in [3.8, 4) is 0 Å². The molecule has 0 saturated carbocycles. The van der Waals surface area contributed by atoms with Crippen LogP contribution in [0.5, 0.6) is 0 Å². The molecule has 0 amide bonds. The van der Waals surface area contributed by atoms with Crippen LogP contribution in [0.1, 0.15) is 43.2 Å². The van der Waals surface area contributed by atoms with E-state index in [9.17, 15) is 4.79 Å². The number of hydrogen-bond donors (Lipinski definition) is 0. The predicted octanol–water partition coefficient (Wildman–Crippen LogP) is 1.84. The third-order valence-electron chi connectivity index (χ3n) is 3.50. The minimum absolute atomic E-state index is 0.0134. The van der Waals surface area contributed by atoms with Crippen molar-refractivity contribution in [2.75, 3.05) is 20.3 Å². The van der Waals surface area contributed by atoms with Gasteiger partial charge in [0, 0.05) is 45.4 Å². The summed E-state index contributed by atoms with van der Waals surface area (Å²) in [7, 11) is 1.60. The maximum atomic E-state index is 12.7. The van der Waals surface area contributed by atoms with E-state index >= 15 is 0 Å². The standard InChI is InChI=1S/C13H20N2O3/c1-10(2)15-11(4-7-14-15)12(16)13(17-3)5-8-18-9-6-13/h4,7,10H,5-6,8-9H2,1-3H3. The molecule has 100 valence electrons. The lowest BCUT2D eigenvalue weighted by atomic mass is 9.87. The van der Waals surface area contributed by atoms with Crippen LogP contribution in [0.25, 0.3) is 0 Å². The molecule has 0 N–H and O–H groups in total. The second-order valence-electron chi connectivity index (χ2n) is 4.89. The van der Waals surface area contributed by atoms with Gasteiger partial charge in [0.25, 0.3) is 0 Å². The predicted molar refractivity (Wildman–Crippen MR) is 66.7 cm³/mol. The van der Waals surface area contributed by atoms with Gasteiger partial charge in [-0.05, 0) is 19.9 Å². The Morgan fingerprint density at radius 2 is 2.17 bits per heavy atom. The van der Waals surface area contributed by atoms with Gasteiger partial charge in [0.1, 0.15) is 11.3 Å². The molecule has 0 aromatic carbocycles. The summed E-state index contributed by atoms with van der Waals surface area (Å²) in [6.07, 6.45) is 2.87. The summed E-state index contributed by atoms with van der Waals surface area (Å²) in [5.41, 5.74) is -0.126. The molecule has 0 bridgehead atoms. The smallest absolute Gasteiger partial charge is 0.212 e. The quantitative estimate of drug-likeness (QED) is 0.767. The minimum atomic E-state index is -0.745. The van der Waals surface area contributed by atoms with Gasteiger partial charge in [-0.25, -0.2) is 0 Å². The lowest BCUT2D eigenvalue weighted by Crippen LogP contribution is -2.46. The summed E-state index contributed by atoms with van der Waals surface area (Å²) in [5, 5.41) is 4.21. The first kappa shape index (κ1) is 13.2. The van der Waals surface area contributed by atoms with Crippen LogP contribution in [0.4, 0.5) is 0 Å². The van der Waals surface area contributed by atoms with E-state index in [1.165, 1.54) is 0 Å². The van der Waals surface area contributed by atoms with E-state index in [2.05, 4.69) is 5.10 Å². The van der Waals surface area contributed by atoms with E-state index in [0.717, 1.165) is 0 Å². The molecular weight excluding hydrogens is 232 g/mol. The second kappa shape index (κ2) is 5.20. The van der Waals surface area contributed by atoms with Crippen molar-refractivity contribution in [2.24, 2.45) is 0 Å². The van der Waals surface area contributed by atoms with Crippen LogP contribution in [-0.2, 0) is 9.47 Å². The Kier molecular flexibility index (Phi) is 3.82. The molecule has 1 aliphatic rings. The van der Waals surface area contributed by atoms with Crippen LogP contribution in [-0.4, -0.2) is 41.5 Å². The van der Waals surface area contributed by atoms with Crippen LogP contribution in [0.2, 0.25) is 0 Å². The Hall–Kier alpha value is -1.20. The number of hydrogen-bond acceptors (Lipinski definition) is 4. The number of Topliss-reactive ketones (excluding diaryl/α,β-unsaturated/α-hetero) is 1. The zero-order chi connectivity index (χ0) is 13.2. The summed E-state index contributed by atoms with van der Waals surface area (Å²) < 4.78 is 12.6. The van der Waals surface area contributed by atoms with Crippen LogP contribution < -0.4 is 0 Å². The van der Waals surface area contributed by atoms with Crippen LogP contribution in [0.15, 0.2) is 12.3 Å². The topological polar surface area (TPSA) is 53.3 Å². The van der Waals surface area contributed by atoms with E-state index < -0.39 is 5.60 Å². The van der Waals surface area contributed by atoms with Gasteiger partial charge in [-0.1, -0.05) is 0 Å². The van der Waals surface area contributed by atoms with Gasteiger partial charge in [0.2, 0.25) is 5.78 Å². The Balaban J connectivity index is 2.31. The van der Waals surface area contributed by atoms with Gasteiger partial charge in [0.15, 0.2) is 0 Å². The van der Waals surface area contributed by atoms with Crippen molar-refractivity contribution in [1.82, 2.24) is 9.78 Å². The molecule has 1 aromatic rings. The van der Waals surface area contributed by atoms with Gasteiger partial charge in [-0.3, -0.25) is 9.48 Å². The van der Waals surface area contributed by atoms with Crippen LogP contribution >= 0.6 is 0 Å². The number of rotatable bonds is 4. The van der Waals surface area contributed by atoms with Crippen LogP contribution in [0, 0.1) is 0 Å². The fraction of sp³-hybridized carbons (Fsp3) is 0.692. The van der Waals surface area contributed by atoms with Crippen molar-refractivity contribution < 1.29 is 14.3 Å². The Morgan fingerprint density at radius 1 is 1.50 bits per heavy atom. The lowest BCUT2D eigenvalue weighted by molar-refractivity contribution is -0.0668. The van der Waals surface area contributed by atoms with E-state index in [4.69, 9.17) is 9.47 Å². The fourth-order valence-corrected chi connectivity index (χ4v) is 2.36. The van der Waals surface area contributed by atoms with Gasteiger partial charge in [-0.2, -0.15) is 5.10 Å². The molecule has 0 atom stereocenters. The average Bonchev–Trinajstić information content (AvgIpc) is 2.88. The molecule has 1 saturated heterocycles. The molecule has 1 aliphatic heterocycles. The van der Waals surface area contributed by atoms with Crippen molar-refractivity contribution in [2.45, 2.75) is 38.3 Å². The highest BCUT2D eigenvalue weighted by atomic mass is 16.5. The first-order chi connectivity index (χ1) is 8.60. The highest BCUT2D eigenvalue weighted by molar-refractivity contribution is 6.01. The SMILES string of the molecule is COC1(C(=O)c2ccnn2C(C)C)CCOCC1. The first-order valence-corrected chi connectivity index (χ1v) is 6.32. The normalized spacial score (nSPS) is 19.1. The van der Waals surface area contributed by atoms with E-state index in [1.54, 1.807) is 24.1 Å². The maximum Gasteiger partial charge on any atom is 0.212 e. The molecule has 5 heteroatoms. The summed E-state index contributed by atoms with van der Waals surface area (Å²) in [6, 6.07) is 1.92. The van der Waals surface area contributed by atoms with Crippen molar-refractivity contribution in [3.05, 3.63) is 18.0 Å². The number of carbonyl (C=O) groups is 1. The zero-order valence-electron chi connectivity index (χ0n) is 11.2. The Bertz CT molecular complexity index is 420. The lowest BCUT2D eigenvalue weighted by Gasteiger charge is -2.34. The van der Waals surface area contributed by atoms with E-state index in [-0.39, 0.29) is 11.8 Å². The molecule has 0 spiro atoms. The van der Waals surface area contributed by atoms with Gasteiger partial charge >= 0.3 is 0 Å². The summed E-state index contributed by atoms with van der Waals surface area (Å²) in [4.78, 5) is 12.7. The number of nitrogens with zero attached hydrogens (tertiary/aromatic N) is 2. The monoisotopic (exact) mass is 252 g/mol. The van der Waals surface area contributed by atoms with Gasteiger partial charge < -0.3 is 9.47 Å². The molecular formula is C13H20N2O3. The molecule has 2 rings (SSSR count). The number of aromatic nitrogens is 2. The molecule has 5 nitrogen and oxygen atoms in total. The van der Waals surface area contributed by atoms with E-state index in [1.807, 2.05) is 13.8 Å². The molecule has 1 fully saturated rings. The summed E-state index contributed by atoms with van der Waals surface area (Å²) in [5.74, 6) is 0.0134. The third kappa shape index (κ3) is 2.20. The van der Waals surface area contributed by atoms with Gasteiger partial charge in [0.05, 0.1) is 0 Å². The average molecular weight is 252 g/mol. The van der Waals surface area contributed by atoms with Crippen molar-refractivity contribution in [1.29, 1.82) is 0 Å². The maximum absolute atomic E-state index is 12.7. The number of methoxy groups -OCH3 is 1. The Morgan fingerprint density at radius 3 is 2.72 bits per heavy atom. The minimum Gasteiger partial charge on any atom is -0.381 e. The fourth-order valence-electron chi connectivity index (χ4n) is 2.36. The second-order valence-corrected chi connectivity index (χ2v) is 4.89. The molecule has 2 heterocycles. The third-order valence-corrected chi connectivity index (χ3v) is 3.50. The number of carbonyl (C=O) groups excluding carboxylic acids is 1. The molecule has 0 aliphatic carbocycles. The number of ether oxygens (including phenoxy) is 2. The van der Waals surface area contributed by atoms with Crippen molar-refractivity contribution >= 4 is 5.78 Å². The highest BCUT2D eigenvalue weighted by Gasteiger charge is 2.42. The molecule has 0 unspecified atom stereocenters. The zero-order valence-corrected chi connectivity index (χ0v) is 11.2. The molecule has 1 aromatic heterocycles. The molecule has 0 radical (unpaired) electrons. The van der Waals surface area contributed by atoms with Crippen molar-refractivity contribution in [3.63, 3.8) is 0 Å². The summed E-state index contributed by atoms with van der Waals surface area (Å²) in [6.45, 7) is 5.14. The van der Waals surface area contributed by atoms with E-state index in [0.29, 0.717) is 31.7 Å². The number of ketones is 1.